The summed E-state index contributed by atoms with van der Waals surface area (Å²) in [7, 11) is 0. The molecule has 0 aromatic rings. The number of carbonyl (C=O) groups excluding carboxylic acids is 2. The minimum atomic E-state index is -0.510. The van der Waals surface area contributed by atoms with Crippen molar-refractivity contribution in [3.63, 3.8) is 0 Å². The van der Waals surface area contributed by atoms with E-state index in [2.05, 4.69) is 13.8 Å². The minimum Gasteiger partial charge on any atom is -0.367 e. The summed E-state index contributed by atoms with van der Waals surface area (Å²) in [5.74, 6) is 0.519. The molecule has 1 aliphatic rings. The van der Waals surface area contributed by atoms with Crippen molar-refractivity contribution in [1.82, 2.24) is 5.06 Å². The van der Waals surface area contributed by atoms with Crippen LogP contribution in [-0.4, -0.2) is 29.4 Å². The lowest BCUT2D eigenvalue weighted by Crippen LogP contribution is -2.46. The molecule has 0 radical (unpaired) electrons. The van der Waals surface area contributed by atoms with Gasteiger partial charge in [0.15, 0.2) is 0 Å². The maximum Gasteiger partial charge on any atom is 0.330 e. The fraction of sp³-hybridized carbons (Fsp3) is 0.857. The Labute approximate surface area is 110 Å². The van der Waals surface area contributed by atoms with Gasteiger partial charge in [0, 0.05) is 19.4 Å². The van der Waals surface area contributed by atoms with Crippen molar-refractivity contribution < 1.29 is 14.4 Å². The van der Waals surface area contributed by atoms with Gasteiger partial charge in [0.1, 0.15) is 5.78 Å². The first-order valence-electron chi connectivity index (χ1n) is 6.71. The molecule has 1 saturated heterocycles. The molecule has 4 nitrogen and oxygen atoms in total. The Morgan fingerprint density at radius 2 is 2.06 bits per heavy atom. The number of Topliss-reactive ketones (excluding diaryl/α,β-unsaturated/α-hetero) is 1. The average molecular weight is 255 g/mol. The summed E-state index contributed by atoms with van der Waals surface area (Å²) in [6.07, 6.45) is 1.85. The summed E-state index contributed by atoms with van der Waals surface area (Å²) in [6, 6.07) is 0.0394. The molecule has 1 aliphatic heterocycles. The van der Waals surface area contributed by atoms with Gasteiger partial charge in [-0.05, 0) is 33.1 Å². The Bertz CT molecular complexity index is 317. The Kier molecular flexibility index (Phi) is 4.91. The third kappa shape index (κ3) is 4.41. The first kappa shape index (κ1) is 15.2. The van der Waals surface area contributed by atoms with Crippen molar-refractivity contribution >= 4 is 11.8 Å². The van der Waals surface area contributed by atoms with Gasteiger partial charge in [-0.15, -0.1) is 5.06 Å². The van der Waals surface area contributed by atoms with Crippen molar-refractivity contribution in [3.8, 4) is 0 Å². The van der Waals surface area contributed by atoms with Crippen LogP contribution in [0, 0.1) is 11.3 Å². The van der Waals surface area contributed by atoms with Crippen LogP contribution in [-0.2, 0) is 14.4 Å². The lowest BCUT2D eigenvalue weighted by atomic mass is 9.94. The number of piperidine rings is 1. The summed E-state index contributed by atoms with van der Waals surface area (Å²) in [4.78, 5) is 28.9. The fourth-order valence-corrected chi connectivity index (χ4v) is 1.99. The van der Waals surface area contributed by atoms with Crippen LogP contribution in [0.5, 0.6) is 0 Å². The minimum absolute atomic E-state index is 0.0394. The topological polar surface area (TPSA) is 46.6 Å². The maximum atomic E-state index is 11.9. The first-order valence-corrected chi connectivity index (χ1v) is 6.71. The Hall–Kier alpha value is -0.900. The Morgan fingerprint density at radius 3 is 2.56 bits per heavy atom. The fourth-order valence-electron chi connectivity index (χ4n) is 1.99. The van der Waals surface area contributed by atoms with E-state index in [-0.39, 0.29) is 17.8 Å². The van der Waals surface area contributed by atoms with E-state index < -0.39 is 5.41 Å². The quantitative estimate of drug-likeness (QED) is 0.777. The van der Waals surface area contributed by atoms with Crippen LogP contribution in [0.2, 0.25) is 0 Å². The molecule has 0 aromatic heterocycles. The predicted molar refractivity (Wildman–Crippen MR) is 69.7 cm³/mol. The van der Waals surface area contributed by atoms with Gasteiger partial charge in [-0.3, -0.25) is 4.79 Å². The molecule has 0 amide bonds. The van der Waals surface area contributed by atoms with Gasteiger partial charge in [0.25, 0.3) is 0 Å². The third-order valence-corrected chi connectivity index (χ3v) is 3.04. The Morgan fingerprint density at radius 1 is 1.44 bits per heavy atom. The molecule has 0 saturated carbocycles. The van der Waals surface area contributed by atoms with Gasteiger partial charge in [-0.25, -0.2) is 4.79 Å². The number of ketones is 1. The molecule has 1 unspecified atom stereocenters. The van der Waals surface area contributed by atoms with Gasteiger partial charge < -0.3 is 4.84 Å². The van der Waals surface area contributed by atoms with E-state index in [0.29, 0.717) is 25.3 Å². The van der Waals surface area contributed by atoms with E-state index in [0.717, 1.165) is 6.42 Å². The second kappa shape index (κ2) is 5.83. The van der Waals surface area contributed by atoms with Crippen LogP contribution in [0.25, 0.3) is 0 Å². The molecule has 104 valence electrons. The number of hydroxylamine groups is 2. The lowest BCUT2D eigenvalue weighted by Gasteiger charge is -2.35. The monoisotopic (exact) mass is 255 g/mol. The molecular weight excluding hydrogens is 230 g/mol. The van der Waals surface area contributed by atoms with Gasteiger partial charge in [0.2, 0.25) is 0 Å². The van der Waals surface area contributed by atoms with Crippen molar-refractivity contribution in [2.24, 2.45) is 11.3 Å². The number of nitrogens with zero attached hydrogens (tertiary/aromatic N) is 1. The zero-order valence-corrected chi connectivity index (χ0v) is 12.2. The van der Waals surface area contributed by atoms with Gasteiger partial charge >= 0.3 is 5.97 Å². The van der Waals surface area contributed by atoms with Crippen LogP contribution < -0.4 is 0 Å². The van der Waals surface area contributed by atoms with Crippen LogP contribution in [0.1, 0.15) is 53.9 Å². The van der Waals surface area contributed by atoms with Gasteiger partial charge in [-0.1, -0.05) is 13.8 Å². The van der Waals surface area contributed by atoms with Crippen molar-refractivity contribution in [2.75, 3.05) is 6.54 Å². The lowest BCUT2D eigenvalue weighted by molar-refractivity contribution is -0.217. The van der Waals surface area contributed by atoms with E-state index in [9.17, 15) is 9.59 Å². The van der Waals surface area contributed by atoms with Crippen molar-refractivity contribution in [3.05, 3.63) is 0 Å². The summed E-state index contributed by atoms with van der Waals surface area (Å²) in [5, 5.41) is 1.72. The molecule has 0 N–H and O–H groups in total. The highest BCUT2D eigenvalue weighted by molar-refractivity contribution is 5.80. The molecule has 1 rings (SSSR count). The molecule has 1 atom stereocenters. The third-order valence-electron chi connectivity index (χ3n) is 3.04. The molecule has 1 heterocycles. The second-order valence-corrected chi connectivity index (χ2v) is 6.55. The van der Waals surface area contributed by atoms with Crippen LogP contribution >= 0.6 is 0 Å². The van der Waals surface area contributed by atoms with Crippen molar-refractivity contribution in [2.45, 2.75) is 59.9 Å². The molecule has 0 aliphatic carbocycles. The van der Waals surface area contributed by atoms with E-state index >= 15 is 0 Å². The zero-order chi connectivity index (χ0) is 13.9. The van der Waals surface area contributed by atoms with Gasteiger partial charge in [-0.2, -0.15) is 0 Å². The number of carbonyl (C=O) groups is 2. The average Bonchev–Trinajstić information content (AvgIpc) is 2.19. The smallest absolute Gasteiger partial charge is 0.330 e. The molecular formula is C14H25NO3. The van der Waals surface area contributed by atoms with E-state index in [4.69, 9.17) is 4.84 Å². The van der Waals surface area contributed by atoms with E-state index in [1.165, 1.54) is 0 Å². The highest BCUT2D eigenvalue weighted by Crippen LogP contribution is 2.24. The number of rotatable bonds is 3. The van der Waals surface area contributed by atoms with Gasteiger partial charge in [0.05, 0.1) is 11.5 Å². The maximum absolute atomic E-state index is 11.9. The molecule has 0 spiro atoms. The first-order chi connectivity index (χ1) is 8.20. The molecule has 1 fully saturated rings. The Balaban J connectivity index is 2.66. The zero-order valence-electron chi connectivity index (χ0n) is 12.2. The summed E-state index contributed by atoms with van der Waals surface area (Å²) in [5.41, 5.74) is -0.510. The standard InChI is InChI=1S/C14H25NO3/c1-10(2)8-11-9-12(16)6-7-15(11)18-13(17)14(3,4)5/h10-11H,6-9H2,1-5H3. The number of hydrogen-bond acceptors (Lipinski definition) is 4. The molecule has 0 bridgehead atoms. The SMILES string of the molecule is CC(C)CC1CC(=O)CCN1OC(=O)C(C)(C)C. The molecule has 4 heteroatoms. The van der Waals surface area contributed by atoms with Crippen molar-refractivity contribution in [1.29, 1.82) is 0 Å². The molecule has 0 aromatic carbocycles. The summed E-state index contributed by atoms with van der Waals surface area (Å²) in [6.45, 7) is 10.3. The molecule has 18 heavy (non-hydrogen) atoms. The second-order valence-electron chi connectivity index (χ2n) is 6.55. The van der Waals surface area contributed by atoms with Crippen LogP contribution in [0.4, 0.5) is 0 Å². The highest BCUT2D eigenvalue weighted by atomic mass is 16.7. The summed E-state index contributed by atoms with van der Waals surface area (Å²) >= 11 is 0. The highest BCUT2D eigenvalue weighted by Gasteiger charge is 2.33. The van der Waals surface area contributed by atoms with Crippen LogP contribution in [0.15, 0.2) is 0 Å². The normalized spacial score (nSPS) is 22.3. The van der Waals surface area contributed by atoms with E-state index in [1.54, 1.807) is 5.06 Å². The predicted octanol–water partition coefficient (Wildman–Crippen LogP) is 2.57. The largest absolute Gasteiger partial charge is 0.367 e. The summed E-state index contributed by atoms with van der Waals surface area (Å²) < 4.78 is 0. The van der Waals surface area contributed by atoms with E-state index in [1.807, 2.05) is 20.8 Å². The van der Waals surface area contributed by atoms with Crippen LogP contribution in [0.3, 0.4) is 0 Å². The number of hydrogen-bond donors (Lipinski definition) is 0.